The molecule has 2 aromatic rings. The number of benzene rings is 2. The summed E-state index contributed by atoms with van der Waals surface area (Å²) in [6, 6.07) is 15.4. The lowest BCUT2D eigenvalue weighted by molar-refractivity contribution is -0.139. The number of hydrogen-bond acceptors (Lipinski definition) is 10. The van der Waals surface area contributed by atoms with E-state index in [1.165, 1.54) is 6.07 Å². The molecule has 38 heavy (non-hydrogen) atoms. The lowest BCUT2D eigenvalue weighted by atomic mass is 9.81. The van der Waals surface area contributed by atoms with Crippen molar-refractivity contribution in [3.8, 4) is 6.07 Å². The Morgan fingerprint density at radius 3 is 2.21 bits per heavy atom. The maximum atomic E-state index is 13.4. The molecule has 4 rings (SSSR count). The van der Waals surface area contributed by atoms with Crippen LogP contribution in [-0.4, -0.2) is 53.9 Å². The van der Waals surface area contributed by atoms with E-state index in [-0.39, 0.29) is 33.2 Å². The summed E-state index contributed by atoms with van der Waals surface area (Å²) < 4.78 is 35.9. The van der Waals surface area contributed by atoms with Crippen LogP contribution >= 0.6 is 0 Å². The summed E-state index contributed by atoms with van der Waals surface area (Å²) >= 11 is 0. The normalized spacial score (nSPS) is 17.9. The van der Waals surface area contributed by atoms with E-state index < -0.39 is 27.7 Å². The van der Waals surface area contributed by atoms with Gasteiger partial charge in [0.15, 0.2) is 9.84 Å². The highest BCUT2D eigenvalue weighted by Crippen LogP contribution is 2.45. The first-order valence-corrected chi connectivity index (χ1v) is 13.8. The van der Waals surface area contributed by atoms with Gasteiger partial charge in [-0.1, -0.05) is 30.3 Å². The highest BCUT2D eigenvalue weighted by molar-refractivity contribution is 7.90. The number of methoxy groups -OCH3 is 2. The third-order valence-corrected chi connectivity index (χ3v) is 7.81. The Bertz CT molecular complexity index is 1490. The lowest BCUT2D eigenvalue weighted by Crippen LogP contribution is -2.41. The van der Waals surface area contributed by atoms with Crippen molar-refractivity contribution < 1.29 is 27.5 Å². The Balaban J connectivity index is 2.11. The number of nitriles is 1. The second kappa shape index (κ2) is 10.6. The molecule has 0 amide bonds. The third-order valence-electron chi connectivity index (χ3n) is 6.66. The van der Waals surface area contributed by atoms with Gasteiger partial charge in [-0.25, -0.2) is 18.0 Å². The average molecular weight is 537 g/mol. The number of ether oxygens (including phenoxy) is 2. The Hall–Kier alpha value is -4.30. The van der Waals surface area contributed by atoms with Gasteiger partial charge in [-0.3, -0.25) is 4.90 Å². The summed E-state index contributed by atoms with van der Waals surface area (Å²) in [7, 11) is -1.56. The van der Waals surface area contributed by atoms with E-state index in [1.807, 2.05) is 0 Å². The van der Waals surface area contributed by atoms with E-state index in [2.05, 4.69) is 11.0 Å². The summed E-state index contributed by atoms with van der Waals surface area (Å²) in [5, 5.41) is 10.2. The van der Waals surface area contributed by atoms with Crippen molar-refractivity contribution in [2.75, 3.05) is 43.4 Å². The van der Waals surface area contributed by atoms with Gasteiger partial charge in [-0.2, -0.15) is 5.26 Å². The number of allylic oxidation sites excluding steroid dienone is 1. The molecule has 1 atom stereocenters. The van der Waals surface area contributed by atoms with Crippen LogP contribution in [0.25, 0.3) is 0 Å². The van der Waals surface area contributed by atoms with Crippen molar-refractivity contribution in [1.29, 1.82) is 5.26 Å². The molecule has 0 aromatic heterocycles. The number of esters is 2. The predicted octanol–water partition coefficient (Wildman–Crippen LogP) is 2.59. The summed E-state index contributed by atoms with van der Waals surface area (Å²) in [5.41, 5.74) is 7.27. The standard InChI is InChI=1S/C27H28N4O6S/c1-36-26(32)23-22(17-9-5-4-6-10-17)19(16-28)25(29)31(24(23)27(33)37-2)20-15-18(30-13-7-8-14-30)11-12-21(20)38(3,34)35/h4-6,9-12,15,22H,7-8,13-14,29H2,1-3H3. The van der Waals surface area contributed by atoms with Gasteiger partial charge in [-0.05, 0) is 36.6 Å². The maximum Gasteiger partial charge on any atom is 0.355 e. The molecule has 2 heterocycles. The number of nitrogens with two attached hydrogens (primary N) is 1. The number of sulfone groups is 1. The molecule has 2 aromatic carbocycles. The summed E-state index contributed by atoms with van der Waals surface area (Å²) in [6.45, 7) is 1.55. The van der Waals surface area contributed by atoms with Crippen LogP contribution in [0.3, 0.4) is 0 Å². The van der Waals surface area contributed by atoms with Crippen molar-refractivity contribution in [2.45, 2.75) is 23.7 Å². The molecule has 1 fully saturated rings. The highest BCUT2D eigenvalue weighted by atomic mass is 32.2. The quantitative estimate of drug-likeness (QED) is 0.547. The van der Waals surface area contributed by atoms with Crippen LogP contribution in [0.5, 0.6) is 0 Å². The molecule has 10 nitrogen and oxygen atoms in total. The van der Waals surface area contributed by atoms with E-state index in [1.54, 1.807) is 42.5 Å². The Morgan fingerprint density at radius 2 is 1.66 bits per heavy atom. The molecule has 1 saturated heterocycles. The largest absolute Gasteiger partial charge is 0.466 e. The zero-order chi connectivity index (χ0) is 27.6. The monoisotopic (exact) mass is 536 g/mol. The Labute approximate surface area is 221 Å². The van der Waals surface area contributed by atoms with Crippen molar-refractivity contribution in [2.24, 2.45) is 5.73 Å². The highest BCUT2D eigenvalue weighted by Gasteiger charge is 2.44. The number of hydrogen-bond donors (Lipinski definition) is 1. The van der Waals surface area contributed by atoms with Gasteiger partial charge in [-0.15, -0.1) is 0 Å². The SMILES string of the molecule is COC(=O)C1=C(C(=O)OC)N(c2cc(N3CCCC3)ccc2S(C)(=O)=O)C(N)=C(C#N)C1c1ccccc1. The molecule has 2 aliphatic heterocycles. The lowest BCUT2D eigenvalue weighted by Gasteiger charge is -2.37. The average Bonchev–Trinajstić information content (AvgIpc) is 3.46. The van der Waals surface area contributed by atoms with E-state index in [4.69, 9.17) is 15.2 Å². The van der Waals surface area contributed by atoms with Gasteiger partial charge in [0, 0.05) is 25.0 Å². The van der Waals surface area contributed by atoms with Gasteiger partial charge in [0.05, 0.1) is 47.9 Å². The van der Waals surface area contributed by atoms with Gasteiger partial charge >= 0.3 is 11.9 Å². The van der Waals surface area contributed by atoms with Crippen LogP contribution in [0.1, 0.15) is 24.3 Å². The topological polar surface area (TPSA) is 143 Å². The molecule has 2 aliphatic rings. The zero-order valence-electron chi connectivity index (χ0n) is 21.3. The smallest absolute Gasteiger partial charge is 0.355 e. The minimum Gasteiger partial charge on any atom is -0.466 e. The van der Waals surface area contributed by atoms with Gasteiger partial charge in [0.25, 0.3) is 0 Å². The Kier molecular flexibility index (Phi) is 7.46. The van der Waals surface area contributed by atoms with Crippen molar-refractivity contribution in [1.82, 2.24) is 0 Å². The second-order valence-electron chi connectivity index (χ2n) is 8.95. The first-order valence-electron chi connectivity index (χ1n) is 11.9. The van der Waals surface area contributed by atoms with Crippen LogP contribution in [0.2, 0.25) is 0 Å². The van der Waals surface area contributed by atoms with Crippen LogP contribution in [-0.2, 0) is 28.9 Å². The molecule has 0 spiro atoms. The van der Waals surface area contributed by atoms with E-state index in [9.17, 15) is 23.3 Å². The second-order valence-corrected chi connectivity index (χ2v) is 10.9. The third kappa shape index (κ3) is 4.70. The predicted molar refractivity (Wildman–Crippen MR) is 141 cm³/mol. The Morgan fingerprint density at radius 1 is 1.03 bits per heavy atom. The summed E-state index contributed by atoms with van der Waals surface area (Å²) in [4.78, 5) is 29.7. The first kappa shape index (κ1) is 26.8. The summed E-state index contributed by atoms with van der Waals surface area (Å²) in [6.07, 6.45) is 2.99. The maximum absolute atomic E-state index is 13.4. The molecule has 11 heteroatoms. The van der Waals surface area contributed by atoms with E-state index in [0.29, 0.717) is 11.3 Å². The zero-order valence-corrected chi connectivity index (χ0v) is 22.1. The van der Waals surface area contributed by atoms with Gasteiger partial charge in [0.1, 0.15) is 11.5 Å². The number of nitrogens with zero attached hydrogens (tertiary/aromatic N) is 3. The molecular formula is C27H28N4O6S. The fraction of sp³-hybridized carbons (Fsp3) is 0.296. The minimum atomic E-state index is -3.85. The molecule has 0 radical (unpaired) electrons. The van der Waals surface area contributed by atoms with Crippen molar-refractivity contribution in [3.05, 3.63) is 76.8 Å². The molecular weight excluding hydrogens is 508 g/mol. The molecule has 198 valence electrons. The van der Waals surface area contributed by atoms with Crippen LogP contribution in [0.15, 0.2) is 76.1 Å². The summed E-state index contributed by atoms with van der Waals surface area (Å²) in [5.74, 6) is -3.08. The fourth-order valence-corrected chi connectivity index (χ4v) is 5.77. The van der Waals surface area contributed by atoms with Crippen LogP contribution < -0.4 is 15.5 Å². The number of carbonyl (C=O) groups excluding carboxylic acids is 2. The van der Waals surface area contributed by atoms with Crippen molar-refractivity contribution in [3.63, 3.8) is 0 Å². The molecule has 2 N–H and O–H groups in total. The fourth-order valence-electron chi connectivity index (χ4n) is 4.93. The van der Waals surface area contributed by atoms with Gasteiger partial charge in [0.2, 0.25) is 0 Å². The van der Waals surface area contributed by atoms with E-state index >= 15 is 0 Å². The molecule has 1 unspecified atom stereocenters. The number of carbonyl (C=O) groups is 2. The number of rotatable bonds is 6. The van der Waals surface area contributed by atoms with Gasteiger partial charge < -0.3 is 20.1 Å². The van der Waals surface area contributed by atoms with Crippen molar-refractivity contribution >= 4 is 33.2 Å². The molecule has 0 bridgehead atoms. The molecule has 0 aliphatic carbocycles. The minimum absolute atomic E-state index is 0.0236. The number of anilines is 2. The molecule has 0 saturated carbocycles. The first-order chi connectivity index (χ1) is 18.1. The van der Waals surface area contributed by atoms with Crippen LogP contribution in [0.4, 0.5) is 11.4 Å². The van der Waals surface area contributed by atoms with E-state index in [0.717, 1.165) is 51.3 Å². The van der Waals surface area contributed by atoms with Crippen LogP contribution in [0, 0.1) is 11.3 Å².